The maximum absolute atomic E-state index is 5.81. The maximum atomic E-state index is 5.81. The van der Waals surface area contributed by atoms with E-state index in [0.717, 1.165) is 25.6 Å². The van der Waals surface area contributed by atoms with Crippen LogP contribution >= 0.6 is 0 Å². The largest absolute Gasteiger partial charge is 0.377 e. The smallest absolute Gasteiger partial charge is 0.0667 e. The quantitative estimate of drug-likeness (QED) is 0.592. The predicted octanol–water partition coefficient (Wildman–Crippen LogP) is 1.41. The van der Waals surface area contributed by atoms with E-state index < -0.39 is 0 Å². The van der Waals surface area contributed by atoms with Crippen molar-refractivity contribution in [2.75, 3.05) is 19.7 Å². The standard InChI is InChI=1S/C10H19NO/c1-10(2)4-5-11-7-8-3-6-12-9(8)10/h8-9,11H,3-7H2,1-2H3/t8-,9-/m1/s1. The first-order valence-electron chi connectivity index (χ1n) is 5.02. The number of hydrogen-bond acceptors (Lipinski definition) is 2. The van der Waals surface area contributed by atoms with Gasteiger partial charge in [-0.1, -0.05) is 13.8 Å². The van der Waals surface area contributed by atoms with Crippen LogP contribution in [0.1, 0.15) is 26.7 Å². The molecule has 0 bridgehead atoms. The highest BCUT2D eigenvalue weighted by Crippen LogP contribution is 2.38. The zero-order valence-corrected chi connectivity index (χ0v) is 8.10. The van der Waals surface area contributed by atoms with Crippen molar-refractivity contribution >= 4 is 0 Å². The first-order valence-corrected chi connectivity index (χ1v) is 5.02. The summed E-state index contributed by atoms with van der Waals surface area (Å²) in [6, 6.07) is 0. The lowest BCUT2D eigenvalue weighted by Gasteiger charge is -2.31. The van der Waals surface area contributed by atoms with Crippen molar-refractivity contribution in [2.45, 2.75) is 32.8 Å². The average Bonchev–Trinajstić information content (AvgIpc) is 2.42. The fourth-order valence-corrected chi connectivity index (χ4v) is 2.55. The molecule has 0 spiro atoms. The number of ether oxygens (including phenoxy) is 1. The van der Waals surface area contributed by atoms with Crippen molar-refractivity contribution in [3.05, 3.63) is 0 Å². The highest BCUT2D eigenvalue weighted by molar-refractivity contribution is 4.91. The van der Waals surface area contributed by atoms with E-state index in [0.29, 0.717) is 11.5 Å². The monoisotopic (exact) mass is 169 g/mol. The summed E-state index contributed by atoms with van der Waals surface area (Å²) in [7, 11) is 0. The molecule has 0 saturated carbocycles. The Labute approximate surface area is 74.7 Å². The minimum Gasteiger partial charge on any atom is -0.377 e. The third kappa shape index (κ3) is 1.38. The van der Waals surface area contributed by atoms with Crippen LogP contribution in [0.4, 0.5) is 0 Å². The van der Waals surface area contributed by atoms with E-state index in [4.69, 9.17) is 4.74 Å². The summed E-state index contributed by atoms with van der Waals surface area (Å²) in [5, 5.41) is 3.49. The zero-order chi connectivity index (χ0) is 8.60. The van der Waals surface area contributed by atoms with Gasteiger partial charge >= 0.3 is 0 Å². The van der Waals surface area contributed by atoms with E-state index in [1.54, 1.807) is 0 Å². The molecule has 0 aliphatic carbocycles. The van der Waals surface area contributed by atoms with Crippen LogP contribution in [0, 0.1) is 11.3 Å². The summed E-state index contributed by atoms with van der Waals surface area (Å²) in [4.78, 5) is 0. The molecule has 0 aromatic heterocycles. The highest BCUT2D eigenvalue weighted by atomic mass is 16.5. The number of rotatable bonds is 0. The highest BCUT2D eigenvalue weighted by Gasteiger charge is 2.40. The second kappa shape index (κ2) is 3.00. The van der Waals surface area contributed by atoms with E-state index in [2.05, 4.69) is 19.2 Å². The summed E-state index contributed by atoms with van der Waals surface area (Å²) in [6.45, 7) is 7.96. The second-order valence-corrected chi connectivity index (χ2v) is 4.78. The summed E-state index contributed by atoms with van der Waals surface area (Å²) in [5.41, 5.74) is 0.380. The number of hydrogen-bond donors (Lipinski definition) is 1. The first kappa shape index (κ1) is 8.52. The van der Waals surface area contributed by atoms with Crippen LogP contribution in [0.3, 0.4) is 0 Å². The van der Waals surface area contributed by atoms with Gasteiger partial charge in [0, 0.05) is 19.1 Å². The lowest BCUT2D eigenvalue weighted by Crippen LogP contribution is -2.34. The van der Waals surface area contributed by atoms with Crippen LogP contribution in [0.2, 0.25) is 0 Å². The molecule has 2 heteroatoms. The van der Waals surface area contributed by atoms with Crippen LogP contribution in [0.5, 0.6) is 0 Å². The molecular weight excluding hydrogens is 150 g/mol. The van der Waals surface area contributed by atoms with Crippen LogP contribution in [0.25, 0.3) is 0 Å². The summed E-state index contributed by atoms with van der Waals surface area (Å²) in [6.07, 6.45) is 3.00. The predicted molar refractivity (Wildman–Crippen MR) is 49.1 cm³/mol. The minimum atomic E-state index is 0.380. The van der Waals surface area contributed by atoms with Crippen LogP contribution in [0.15, 0.2) is 0 Å². The van der Waals surface area contributed by atoms with Gasteiger partial charge in [0.05, 0.1) is 6.10 Å². The van der Waals surface area contributed by atoms with Crippen molar-refractivity contribution in [1.29, 1.82) is 0 Å². The summed E-state index contributed by atoms with van der Waals surface area (Å²) in [5.74, 6) is 0.766. The molecule has 2 atom stereocenters. The SMILES string of the molecule is CC1(C)CCNC[C@H]2CCO[C@H]21. The third-order valence-corrected chi connectivity index (χ3v) is 3.34. The molecular formula is C10H19NO. The molecule has 2 saturated heterocycles. The molecule has 2 aliphatic rings. The Kier molecular flexibility index (Phi) is 2.13. The summed E-state index contributed by atoms with van der Waals surface area (Å²) >= 11 is 0. The van der Waals surface area contributed by atoms with E-state index in [-0.39, 0.29) is 0 Å². The van der Waals surface area contributed by atoms with Gasteiger partial charge in [0.1, 0.15) is 0 Å². The van der Waals surface area contributed by atoms with Gasteiger partial charge in [-0.15, -0.1) is 0 Å². The van der Waals surface area contributed by atoms with Gasteiger partial charge in [-0.2, -0.15) is 0 Å². The van der Waals surface area contributed by atoms with Crippen LogP contribution < -0.4 is 5.32 Å². The van der Waals surface area contributed by atoms with E-state index in [1.807, 2.05) is 0 Å². The molecule has 0 radical (unpaired) electrons. The van der Waals surface area contributed by atoms with Crippen LogP contribution in [-0.4, -0.2) is 25.8 Å². The van der Waals surface area contributed by atoms with Gasteiger partial charge in [0.2, 0.25) is 0 Å². The van der Waals surface area contributed by atoms with Gasteiger partial charge in [0.25, 0.3) is 0 Å². The van der Waals surface area contributed by atoms with Gasteiger partial charge in [-0.3, -0.25) is 0 Å². The van der Waals surface area contributed by atoms with Crippen molar-refractivity contribution in [1.82, 2.24) is 5.32 Å². The third-order valence-electron chi connectivity index (χ3n) is 3.34. The van der Waals surface area contributed by atoms with E-state index in [1.165, 1.54) is 12.8 Å². The molecule has 0 amide bonds. The average molecular weight is 169 g/mol. The fraction of sp³-hybridized carbons (Fsp3) is 1.00. The Morgan fingerprint density at radius 3 is 3.08 bits per heavy atom. The Morgan fingerprint density at radius 2 is 2.25 bits per heavy atom. The van der Waals surface area contributed by atoms with Gasteiger partial charge in [-0.05, 0) is 24.8 Å². The van der Waals surface area contributed by atoms with Crippen LogP contribution in [-0.2, 0) is 4.74 Å². The van der Waals surface area contributed by atoms with E-state index >= 15 is 0 Å². The van der Waals surface area contributed by atoms with Crippen molar-refractivity contribution < 1.29 is 4.74 Å². The first-order chi connectivity index (χ1) is 5.70. The lowest BCUT2D eigenvalue weighted by molar-refractivity contribution is 0.00189. The Hall–Kier alpha value is -0.0800. The molecule has 2 nitrogen and oxygen atoms in total. The molecule has 2 fully saturated rings. The molecule has 0 aromatic carbocycles. The molecule has 2 aliphatic heterocycles. The Bertz CT molecular complexity index is 167. The van der Waals surface area contributed by atoms with Crippen molar-refractivity contribution in [3.8, 4) is 0 Å². The van der Waals surface area contributed by atoms with Crippen molar-refractivity contribution in [3.63, 3.8) is 0 Å². The van der Waals surface area contributed by atoms with Gasteiger partial charge in [0.15, 0.2) is 0 Å². The zero-order valence-electron chi connectivity index (χ0n) is 8.10. The molecule has 2 heterocycles. The second-order valence-electron chi connectivity index (χ2n) is 4.78. The fourth-order valence-electron chi connectivity index (χ4n) is 2.55. The Morgan fingerprint density at radius 1 is 1.42 bits per heavy atom. The van der Waals surface area contributed by atoms with Crippen molar-refractivity contribution in [2.24, 2.45) is 11.3 Å². The van der Waals surface area contributed by atoms with E-state index in [9.17, 15) is 0 Å². The number of nitrogens with one attached hydrogen (secondary N) is 1. The van der Waals surface area contributed by atoms with Gasteiger partial charge in [-0.25, -0.2) is 0 Å². The molecule has 0 aromatic rings. The van der Waals surface area contributed by atoms with Gasteiger partial charge < -0.3 is 10.1 Å². The molecule has 12 heavy (non-hydrogen) atoms. The Balaban J connectivity index is 2.13. The number of fused-ring (bicyclic) bond motifs is 1. The lowest BCUT2D eigenvalue weighted by atomic mass is 9.78. The molecule has 2 rings (SSSR count). The molecule has 70 valence electrons. The summed E-state index contributed by atoms with van der Waals surface area (Å²) < 4.78 is 5.81. The molecule has 1 N–H and O–H groups in total. The minimum absolute atomic E-state index is 0.380. The topological polar surface area (TPSA) is 21.3 Å². The maximum Gasteiger partial charge on any atom is 0.0667 e. The normalized spacial score (nSPS) is 40.5. The molecule has 0 unspecified atom stereocenters.